The molecule has 0 saturated carbocycles. The molecule has 0 saturated heterocycles. The number of methoxy groups -OCH3 is 2. The van der Waals surface area contributed by atoms with Crippen LogP contribution in [0.5, 0.6) is 11.5 Å². The second-order valence-electron chi connectivity index (χ2n) is 6.19. The molecule has 2 amide bonds. The number of hydrogen-bond donors (Lipinski definition) is 2. The molecular formula is C23H21N3O4. The van der Waals surface area contributed by atoms with Crippen molar-refractivity contribution in [2.24, 2.45) is 0 Å². The van der Waals surface area contributed by atoms with Gasteiger partial charge in [0.2, 0.25) is 0 Å². The Morgan fingerprint density at radius 3 is 2.37 bits per heavy atom. The number of rotatable bonds is 7. The van der Waals surface area contributed by atoms with Gasteiger partial charge in [0.25, 0.3) is 11.8 Å². The summed E-state index contributed by atoms with van der Waals surface area (Å²) in [5, 5.41) is 5.45. The number of pyridine rings is 1. The second-order valence-corrected chi connectivity index (χ2v) is 6.19. The van der Waals surface area contributed by atoms with Crippen molar-refractivity contribution < 1.29 is 19.1 Å². The predicted octanol–water partition coefficient (Wildman–Crippen LogP) is 3.51. The average Bonchev–Trinajstić information content (AvgIpc) is 2.79. The summed E-state index contributed by atoms with van der Waals surface area (Å²) in [5.41, 5.74) is 1.67. The molecule has 2 N–H and O–H groups in total. The first-order valence-electron chi connectivity index (χ1n) is 9.12. The third-order valence-electron chi connectivity index (χ3n) is 4.17. The molecule has 0 aliphatic heterocycles. The number of carbonyl (C=O) groups excluding carboxylic acids is 2. The monoisotopic (exact) mass is 403 g/mol. The van der Waals surface area contributed by atoms with Gasteiger partial charge in [-0.05, 0) is 48.0 Å². The quantitative estimate of drug-likeness (QED) is 0.590. The zero-order valence-corrected chi connectivity index (χ0v) is 16.6. The minimum absolute atomic E-state index is 0.0756. The van der Waals surface area contributed by atoms with Gasteiger partial charge in [-0.15, -0.1) is 0 Å². The van der Waals surface area contributed by atoms with Crippen LogP contribution >= 0.6 is 0 Å². The van der Waals surface area contributed by atoms with Crippen molar-refractivity contribution in [3.8, 4) is 11.5 Å². The van der Waals surface area contributed by atoms with E-state index in [2.05, 4.69) is 15.6 Å². The van der Waals surface area contributed by atoms with Gasteiger partial charge in [0.1, 0.15) is 5.70 Å². The smallest absolute Gasteiger partial charge is 0.272 e. The lowest BCUT2D eigenvalue weighted by Crippen LogP contribution is -2.30. The molecule has 3 rings (SSSR count). The van der Waals surface area contributed by atoms with E-state index in [1.165, 1.54) is 14.2 Å². The van der Waals surface area contributed by atoms with Gasteiger partial charge in [-0.25, -0.2) is 0 Å². The molecule has 0 aliphatic carbocycles. The van der Waals surface area contributed by atoms with Crippen molar-refractivity contribution in [3.05, 3.63) is 89.9 Å². The van der Waals surface area contributed by atoms with Crippen molar-refractivity contribution in [2.75, 3.05) is 19.5 Å². The molecule has 152 valence electrons. The summed E-state index contributed by atoms with van der Waals surface area (Å²) in [5.74, 6) is -0.00754. The van der Waals surface area contributed by atoms with Crippen LogP contribution in [0.1, 0.15) is 15.9 Å². The minimum atomic E-state index is -0.464. The van der Waals surface area contributed by atoms with Crippen LogP contribution < -0.4 is 20.1 Å². The Bertz CT molecular complexity index is 1050. The fourth-order valence-corrected chi connectivity index (χ4v) is 2.68. The van der Waals surface area contributed by atoms with Crippen LogP contribution in [0, 0.1) is 0 Å². The lowest BCUT2D eigenvalue weighted by atomic mass is 10.1. The lowest BCUT2D eigenvalue weighted by Gasteiger charge is -2.13. The van der Waals surface area contributed by atoms with Crippen LogP contribution in [-0.4, -0.2) is 31.0 Å². The maximum Gasteiger partial charge on any atom is 0.272 e. The largest absolute Gasteiger partial charge is 0.493 e. The second kappa shape index (κ2) is 9.88. The Morgan fingerprint density at radius 1 is 0.933 bits per heavy atom. The fourth-order valence-electron chi connectivity index (χ4n) is 2.68. The van der Waals surface area contributed by atoms with Crippen LogP contribution in [0.4, 0.5) is 5.69 Å². The molecular weight excluding hydrogens is 382 g/mol. The first-order chi connectivity index (χ1) is 14.6. The highest BCUT2D eigenvalue weighted by molar-refractivity contribution is 6.10. The molecule has 0 fully saturated rings. The van der Waals surface area contributed by atoms with Gasteiger partial charge in [0.15, 0.2) is 11.5 Å². The number of benzene rings is 2. The van der Waals surface area contributed by atoms with Crippen molar-refractivity contribution >= 4 is 23.6 Å². The van der Waals surface area contributed by atoms with Gasteiger partial charge in [0.05, 0.1) is 14.2 Å². The van der Waals surface area contributed by atoms with Gasteiger partial charge < -0.3 is 20.1 Å². The third kappa shape index (κ3) is 5.23. The lowest BCUT2D eigenvalue weighted by molar-refractivity contribution is -0.113. The number of carbonyl (C=O) groups is 2. The molecule has 1 aromatic heterocycles. The Hall–Kier alpha value is -4.13. The Balaban J connectivity index is 1.87. The SMILES string of the molecule is COc1ccc(C(=O)N/C(=C/c2cccnc2)C(=O)Nc2ccccc2)cc1OC. The highest BCUT2D eigenvalue weighted by Crippen LogP contribution is 2.27. The molecule has 30 heavy (non-hydrogen) atoms. The van der Waals surface area contributed by atoms with Crippen LogP contribution in [-0.2, 0) is 4.79 Å². The Morgan fingerprint density at radius 2 is 1.70 bits per heavy atom. The number of amides is 2. The predicted molar refractivity (Wildman–Crippen MR) is 114 cm³/mol. The number of anilines is 1. The molecule has 0 spiro atoms. The molecule has 7 nitrogen and oxygen atoms in total. The zero-order chi connectivity index (χ0) is 21.3. The first-order valence-corrected chi connectivity index (χ1v) is 9.12. The molecule has 0 bridgehead atoms. The molecule has 2 aromatic carbocycles. The van der Waals surface area contributed by atoms with Gasteiger partial charge in [0, 0.05) is 23.6 Å². The molecule has 0 unspecified atom stereocenters. The molecule has 0 aliphatic rings. The average molecular weight is 403 g/mol. The third-order valence-corrected chi connectivity index (χ3v) is 4.17. The van der Waals surface area contributed by atoms with Crippen molar-refractivity contribution in [1.82, 2.24) is 10.3 Å². The van der Waals surface area contributed by atoms with Crippen molar-refractivity contribution in [3.63, 3.8) is 0 Å². The zero-order valence-electron chi connectivity index (χ0n) is 16.6. The number of hydrogen-bond acceptors (Lipinski definition) is 5. The van der Waals surface area contributed by atoms with E-state index in [1.54, 1.807) is 60.9 Å². The molecule has 7 heteroatoms. The fraction of sp³-hybridized carbons (Fsp3) is 0.0870. The van der Waals surface area contributed by atoms with Gasteiger partial charge in [-0.3, -0.25) is 14.6 Å². The van der Waals surface area contributed by atoms with Crippen molar-refractivity contribution in [1.29, 1.82) is 0 Å². The highest BCUT2D eigenvalue weighted by Gasteiger charge is 2.17. The molecule has 1 heterocycles. The van der Waals surface area contributed by atoms with E-state index in [4.69, 9.17) is 9.47 Å². The van der Waals surface area contributed by atoms with Crippen molar-refractivity contribution in [2.45, 2.75) is 0 Å². The van der Waals surface area contributed by atoms with E-state index in [-0.39, 0.29) is 5.70 Å². The normalized spacial score (nSPS) is 10.8. The van der Waals surface area contributed by atoms with E-state index < -0.39 is 11.8 Å². The van der Waals surface area contributed by atoms with Crippen LogP contribution in [0.15, 0.2) is 78.8 Å². The van der Waals surface area contributed by atoms with Gasteiger partial charge in [-0.2, -0.15) is 0 Å². The molecule has 0 atom stereocenters. The van der Waals surface area contributed by atoms with E-state index in [9.17, 15) is 9.59 Å². The summed E-state index contributed by atoms with van der Waals surface area (Å²) in [7, 11) is 3.00. The summed E-state index contributed by atoms with van der Waals surface area (Å²) in [4.78, 5) is 29.7. The summed E-state index contributed by atoms with van der Waals surface area (Å²) >= 11 is 0. The van der Waals surface area contributed by atoms with Crippen LogP contribution in [0.3, 0.4) is 0 Å². The summed E-state index contributed by atoms with van der Waals surface area (Å²) in [6, 6.07) is 17.3. The van der Waals surface area contributed by atoms with E-state index in [0.29, 0.717) is 28.3 Å². The molecule has 0 radical (unpaired) electrons. The van der Waals surface area contributed by atoms with Crippen LogP contribution in [0.2, 0.25) is 0 Å². The summed E-state index contributed by atoms with van der Waals surface area (Å²) < 4.78 is 10.4. The number of para-hydroxylation sites is 1. The summed E-state index contributed by atoms with van der Waals surface area (Å²) in [6.45, 7) is 0. The standard InChI is InChI=1S/C23H21N3O4/c1-29-20-11-10-17(14-21(20)30-2)22(27)26-19(13-16-7-6-12-24-15-16)23(28)25-18-8-4-3-5-9-18/h3-15H,1-2H3,(H,25,28)(H,26,27)/b19-13+. The van der Waals surface area contributed by atoms with E-state index in [1.807, 2.05) is 18.2 Å². The number of ether oxygens (including phenoxy) is 2. The maximum atomic E-state index is 12.8. The maximum absolute atomic E-state index is 12.8. The first kappa shape index (κ1) is 20.6. The minimum Gasteiger partial charge on any atom is -0.493 e. The van der Waals surface area contributed by atoms with Crippen LogP contribution in [0.25, 0.3) is 6.08 Å². The van der Waals surface area contributed by atoms with E-state index in [0.717, 1.165) is 0 Å². The van der Waals surface area contributed by atoms with E-state index >= 15 is 0 Å². The van der Waals surface area contributed by atoms with Gasteiger partial charge >= 0.3 is 0 Å². The summed E-state index contributed by atoms with van der Waals surface area (Å²) in [6.07, 6.45) is 4.78. The topological polar surface area (TPSA) is 89.5 Å². The highest BCUT2D eigenvalue weighted by atomic mass is 16.5. The Kier molecular flexibility index (Phi) is 6.78. The van der Waals surface area contributed by atoms with Gasteiger partial charge in [-0.1, -0.05) is 24.3 Å². The Labute approximate surface area is 174 Å². The number of nitrogens with zero attached hydrogens (tertiary/aromatic N) is 1. The number of nitrogens with one attached hydrogen (secondary N) is 2. The number of aromatic nitrogens is 1. The molecule has 3 aromatic rings.